The number of amides is 4. The SMILES string of the molecule is CN(C(=O)Oc1ccc2c(c1)C(=O)N(C1CCC(=O)NC1=O)C2)c1cc(C#CC2CC2)cc(OC(F)F)c1. The Labute approximate surface area is 216 Å². The number of carbonyl (C=O) groups excluding carboxylic acids is 4. The highest BCUT2D eigenvalue weighted by Gasteiger charge is 2.39. The van der Waals surface area contributed by atoms with Crippen molar-refractivity contribution in [2.24, 2.45) is 5.92 Å². The number of anilines is 1. The van der Waals surface area contributed by atoms with Crippen molar-refractivity contribution in [1.29, 1.82) is 0 Å². The zero-order valence-electron chi connectivity index (χ0n) is 20.3. The predicted octanol–water partition coefficient (Wildman–Crippen LogP) is 3.45. The molecule has 11 heteroatoms. The molecular weight excluding hydrogens is 500 g/mol. The van der Waals surface area contributed by atoms with E-state index in [0.29, 0.717) is 11.1 Å². The van der Waals surface area contributed by atoms with E-state index in [1.54, 1.807) is 12.1 Å². The number of benzene rings is 2. The molecular formula is C27H23F2N3O6. The molecule has 3 aliphatic rings. The summed E-state index contributed by atoms with van der Waals surface area (Å²) in [6.45, 7) is -2.86. The minimum absolute atomic E-state index is 0.0906. The van der Waals surface area contributed by atoms with Gasteiger partial charge in [0, 0.05) is 43.1 Å². The van der Waals surface area contributed by atoms with Gasteiger partial charge in [-0.3, -0.25) is 24.6 Å². The van der Waals surface area contributed by atoms with E-state index in [0.717, 1.165) is 17.7 Å². The van der Waals surface area contributed by atoms with Gasteiger partial charge < -0.3 is 14.4 Å². The number of halogens is 2. The number of hydrogen-bond acceptors (Lipinski definition) is 6. The van der Waals surface area contributed by atoms with Gasteiger partial charge in [-0.15, -0.1) is 0 Å². The number of hydrogen-bond donors (Lipinski definition) is 1. The molecule has 1 atom stereocenters. The molecule has 1 unspecified atom stereocenters. The summed E-state index contributed by atoms with van der Waals surface area (Å²) in [7, 11) is 1.41. The Morgan fingerprint density at radius 2 is 1.89 bits per heavy atom. The minimum atomic E-state index is -3.05. The molecule has 0 aromatic heterocycles. The number of imide groups is 1. The van der Waals surface area contributed by atoms with Crippen LogP contribution in [0.25, 0.3) is 0 Å². The van der Waals surface area contributed by atoms with Gasteiger partial charge in [0.05, 0.1) is 5.69 Å². The normalized spacial score (nSPS) is 18.5. The number of fused-ring (bicyclic) bond motifs is 1. The fraction of sp³-hybridized carbons (Fsp3) is 0.333. The number of nitrogens with one attached hydrogen (secondary N) is 1. The van der Waals surface area contributed by atoms with Crippen LogP contribution in [0.5, 0.6) is 11.5 Å². The van der Waals surface area contributed by atoms with Crippen LogP contribution < -0.4 is 19.7 Å². The van der Waals surface area contributed by atoms with Crippen LogP contribution in [0, 0.1) is 17.8 Å². The molecule has 1 saturated heterocycles. The smallest absolute Gasteiger partial charge is 0.419 e. The van der Waals surface area contributed by atoms with Gasteiger partial charge in [0.2, 0.25) is 11.8 Å². The van der Waals surface area contributed by atoms with E-state index in [1.165, 1.54) is 36.2 Å². The largest absolute Gasteiger partial charge is 0.435 e. The van der Waals surface area contributed by atoms with Gasteiger partial charge in [-0.1, -0.05) is 17.9 Å². The molecule has 1 saturated carbocycles. The molecule has 2 heterocycles. The molecule has 1 N–H and O–H groups in total. The van der Waals surface area contributed by atoms with Crippen molar-refractivity contribution in [2.75, 3.05) is 11.9 Å². The Morgan fingerprint density at radius 3 is 2.61 bits per heavy atom. The second kappa shape index (κ2) is 10.1. The van der Waals surface area contributed by atoms with Crippen LogP contribution in [-0.4, -0.2) is 48.4 Å². The maximum absolute atomic E-state index is 13.0. The Kier molecular flexibility index (Phi) is 6.72. The Balaban J connectivity index is 1.31. The molecule has 0 radical (unpaired) electrons. The van der Waals surface area contributed by atoms with Gasteiger partial charge >= 0.3 is 12.7 Å². The van der Waals surface area contributed by atoms with E-state index in [1.807, 2.05) is 0 Å². The van der Waals surface area contributed by atoms with Crippen molar-refractivity contribution in [3.8, 4) is 23.3 Å². The van der Waals surface area contributed by atoms with E-state index < -0.39 is 30.6 Å². The summed E-state index contributed by atoms with van der Waals surface area (Å²) in [5, 5.41) is 2.25. The van der Waals surface area contributed by atoms with Crippen LogP contribution in [0.4, 0.5) is 19.3 Å². The topological polar surface area (TPSA) is 105 Å². The first-order valence-electron chi connectivity index (χ1n) is 12.0. The highest BCUT2D eigenvalue weighted by molar-refractivity contribution is 6.05. The van der Waals surface area contributed by atoms with E-state index in [2.05, 4.69) is 21.9 Å². The number of alkyl halides is 2. The molecule has 196 valence electrons. The lowest BCUT2D eigenvalue weighted by atomic mass is 10.0. The minimum Gasteiger partial charge on any atom is -0.435 e. The van der Waals surface area contributed by atoms with Crippen molar-refractivity contribution in [1.82, 2.24) is 10.2 Å². The fourth-order valence-corrected chi connectivity index (χ4v) is 4.31. The van der Waals surface area contributed by atoms with Crippen molar-refractivity contribution < 1.29 is 37.4 Å². The van der Waals surface area contributed by atoms with Crippen molar-refractivity contribution in [3.05, 3.63) is 53.1 Å². The van der Waals surface area contributed by atoms with Gasteiger partial charge in [0.1, 0.15) is 17.5 Å². The number of piperidine rings is 1. The van der Waals surface area contributed by atoms with E-state index in [4.69, 9.17) is 4.74 Å². The number of rotatable bonds is 5. The van der Waals surface area contributed by atoms with Crippen LogP contribution in [-0.2, 0) is 16.1 Å². The van der Waals surface area contributed by atoms with Crippen LogP contribution in [0.15, 0.2) is 36.4 Å². The van der Waals surface area contributed by atoms with Crippen molar-refractivity contribution in [3.63, 3.8) is 0 Å². The molecule has 2 fully saturated rings. The number of nitrogens with zero attached hydrogens (tertiary/aromatic N) is 2. The van der Waals surface area contributed by atoms with Gasteiger partial charge in [-0.05, 0) is 49.1 Å². The van der Waals surface area contributed by atoms with E-state index in [9.17, 15) is 28.0 Å². The summed E-state index contributed by atoms with van der Waals surface area (Å²) in [6, 6.07) is 8.03. The standard InChI is InChI=1S/C27H23F2N3O6/c1-31(18-10-16(5-4-15-2-3-15)11-20(12-18)37-26(28)29)27(36)38-19-7-6-17-14-32(25(35)21(17)13-19)22-8-9-23(33)30-24(22)34/h6-7,10-13,15,22,26H,2-3,8-9,14H2,1H3,(H,30,33,34). The van der Waals surface area contributed by atoms with Crippen LogP contribution in [0.2, 0.25) is 0 Å². The number of carbonyl (C=O) groups is 4. The third-order valence-electron chi connectivity index (χ3n) is 6.48. The maximum atomic E-state index is 13.0. The first-order chi connectivity index (χ1) is 18.2. The quantitative estimate of drug-likeness (QED) is 0.476. The summed E-state index contributed by atoms with van der Waals surface area (Å²) in [4.78, 5) is 52.1. The van der Waals surface area contributed by atoms with Gasteiger partial charge in [-0.2, -0.15) is 8.78 Å². The fourth-order valence-electron chi connectivity index (χ4n) is 4.31. The van der Waals surface area contributed by atoms with Crippen LogP contribution in [0.3, 0.4) is 0 Å². The first kappa shape index (κ1) is 25.2. The summed E-state index contributed by atoms with van der Waals surface area (Å²) in [6.07, 6.45) is 1.54. The monoisotopic (exact) mass is 523 g/mol. The number of ether oxygens (including phenoxy) is 2. The Bertz CT molecular complexity index is 1390. The lowest BCUT2D eigenvalue weighted by molar-refractivity contribution is -0.136. The summed E-state index contributed by atoms with van der Waals surface area (Å²) in [5.74, 6) is 4.91. The third kappa shape index (κ3) is 5.44. The van der Waals surface area contributed by atoms with Crippen molar-refractivity contribution >= 4 is 29.5 Å². The molecule has 9 nitrogen and oxygen atoms in total. The highest BCUT2D eigenvalue weighted by atomic mass is 19.3. The summed E-state index contributed by atoms with van der Waals surface area (Å²) < 4.78 is 35.7. The molecule has 4 amide bonds. The Hall–Kier alpha value is -4.46. The van der Waals surface area contributed by atoms with Gasteiger partial charge in [0.25, 0.3) is 5.91 Å². The maximum Gasteiger partial charge on any atom is 0.419 e. The summed E-state index contributed by atoms with van der Waals surface area (Å²) in [5.41, 5.74) is 1.59. The van der Waals surface area contributed by atoms with Crippen LogP contribution in [0.1, 0.15) is 47.2 Å². The molecule has 2 aliphatic heterocycles. The molecule has 2 aromatic carbocycles. The van der Waals surface area contributed by atoms with Crippen LogP contribution >= 0.6 is 0 Å². The second-order valence-electron chi connectivity index (χ2n) is 9.28. The summed E-state index contributed by atoms with van der Waals surface area (Å²) >= 11 is 0. The Morgan fingerprint density at radius 1 is 1.11 bits per heavy atom. The van der Waals surface area contributed by atoms with Gasteiger partial charge in [-0.25, -0.2) is 4.79 Å². The van der Waals surface area contributed by atoms with Crippen molar-refractivity contribution in [2.45, 2.75) is 44.9 Å². The first-order valence-corrected chi connectivity index (χ1v) is 12.0. The molecule has 0 spiro atoms. The molecule has 1 aliphatic carbocycles. The highest BCUT2D eigenvalue weighted by Crippen LogP contribution is 2.31. The van der Waals surface area contributed by atoms with E-state index >= 15 is 0 Å². The lowest BCUT2D eigenvalue weighted by Crippen LogP contribution is -2.52. The zero-order chi connectivity index (χ0) is 27.0. The molecule has 0 bridgehead atoms. The zero-order valence-corrected chi connectivity index (χ0v) is 20.3. The average molecular weight is 523 g/mol. The molecule has 38 heavy (non-hydrogen) atoms. The molecule has 2 aromatic rings. The molecule has 5 rings (SSSR count). The lowest BCUT2D eigenvalue weighted by Gasteiger charge is -2.29. The third-order valence-corrected chi connectivity index (χ3v) is 6.48. The second-order valence-corrected chi connectivity index (χ2v) is 9.28. The van der Waals surface area contributed by atoms with Gasteiger partial charge in [0.15, 0.2) is 0 Å². The van der Waals surface area contributed by atoms with E-state index in [-0.39, 0.29) is 54.0 Å². The predicted molar refractivity (Wildman–Crippen MR) is 130 cm³/mol. The average Bonchev–Trinajstić information content (AvgIpc) is 3.65.